The van der Waals surface area contributed by atoms with Crippen molar-refractivity contribution < 1.29 is 9.90 Å². The van der Waals surface area contributed by atoms with Crippen LogP contribution < -0.4 is 0 Å². The third kappa shape index (κ3) is 2.66. The topological polar surface area (TPSA) is 37.3 Å². The van der Waals surface area contributed by atoms with Crippen LogP contribution in [0.3, 0.4) is 0 Å². The third-order valence-corrected chi connectivity index (χ3v) is 2.87. The summed E-state index contributed by atoms with van der Waals surface area (Å²) < 4.78 is 0. The summed E-state index contributed by atoms with van der Waals surface area (Å²) in [6.45, 7) is 3.91. The Kier molecular flexibility index (Phi) is 3.58. The van der Waals surface area contributed by atoms with Gasteiger partial charge < -0.3 is 5.11 Å². The molecule has 2 aromatic carbocycles. The quantitative estimate of drug-likeness (QED) is 0.836. The van der Waals surface area contributed by atoms with Crippen molar-refractivity contribution in [1.82, 2.24) is 0 Å². The zero-order valence-electron chi connectivity index (χ0n) is 10.6. The predicted molar refractivity (Wildman–Crippen MR) is 71.6 cm³/mol. The van der Waals surface area contributed by atoms with Crippen LogP contribution >= 0.6 is 0 Å². The number of hydrogen-bond acceptors (Lipinski definition) is 2. The molecule has 0 aromatic heterocycles. The summed E-state index contributed by atoms with van der Waals surface area (Å²) in [5, 5.41) is 10.1. The van der Waals surface area contributed by atoms with Gasteiger partial charge in [0.1, 0.15) is 6.10 Å². The van der Waals surface area contributed by atoms with Crippen molar-refractivity contribution in [2.24, 2.45) is 0 Å². The lowest BCUT2D eigenvalue weighted by Crippen LogP contribution is -2.12. The van der Waals surface area contributed by atoms with Gasteiger partial charge in [-0.15, -0.1) is 0 Å². The van der Waals surface area contributed by atoms with E-state index in [4.69, 9.17) is 0 Å². The van der Waals surface area contributed by atoms with E-state index in [0.29, 0.717) is 11.1 Å². The molecule has 2 nitrogen and oxygen atoms in total. The van der Waals surface area contributed by atoms with Crippen LogP contribution in [0.5, 0.6) is 0 Å². The molecule has 1 N–H and O–H groups in total. The zero-order chi connectivity index (χ0) is 13.1. The van der Waals surface area contributed by atoms with Gasteiger partial charge in [0.05, 0.1) is 0 Å². The molecule has 2 rings (SSSR count). The van der Waals surface area contributed by atoms with Crippen molar-refractivity contribution in [3.05, 3.63) is 70.8 Å². The number of aliphatic hydroxyl groups is 1. The largest absolute Gasteiger partial charge is 0.380 e. The Labute approximate surface area is 107 Å². The minimum Gasteiger partial charge on any atom is -0.380 e. The third-order valence-electron chi connectivity index (χ3n) is 2.87. The lowest BCUT2D eigenvalue weighted by atomic mass is 9.97. The smallest absolute Gasteiger partial charge is 0.195 e. The molecule has 0 fully saturated rings. The number of aliphatic hydroxyl groups excluding tert-OH is 1. The van der Waals surface area contributed by atoms with Crippen LogP contribution in [-0.4, -0.2) is 10.9 Å². The highest BCUT2D eigenvalue weighted by Gasteiger charge is 2.19. The van der Waals surface area contributed by atoms with Crippen molar-refractivity contribution >= 4 is 5.78 Å². The second-order valence-electron chi connectivity index (χ2n) is 4.55. The highest BCUT2D eigenvalue weighted by molar-refractivity contribution is 5.99. The fraction of sp³-hybridized carbons (Fsp3) is 0.188. The summed E-state index contributed by atoms with van der Waals surface area (Å²) in [7, 11) is 0. The average molecular weight is 240 g/mol. The second-order valence-corrected chi connectivity index (χ2v) is 4.55. The molecule has 0 saturated heterocycles. The van der Waals surface area contributed by atoms with Crippen molar-refractivity contribution in [3.63, 3.8) is 0 Å². The number of Topliss-reactive ketones (excluding diaryl/α,β-unsaturated/α-hetero) is 1. The summed E-state index contributed by atoms with van der Waals surface area (Å²) in [6, 6.07) is 14.6. The van der Waals surface area contributed by atoms with Gasteiger partial charge in [0.25, 0.3) is 0 Å². The first kappa shape index (κ1) is 12.5. The maximum atomic E-state index is 12.1. The Morgan fingerprint density at radius 3 is 2.11 bits per heavy atom. The second kappa shape index (κ2) is 5.15. The van der Waals surface area contributed by atoms with Gasteiger partial charge in [-0.1, -0.05) is 59.7 Å². The van der Waals surface area contributed by atoms with E-state index >= 15 is 0 Å². The number of carbonyl (C=O) groups is 1. The molecule has 0 bridgehead atoms. The van der Waals surface area contributed by atoms with E-state index in [-0.39, 0.29) is 5.78 Å². The van der Waals surface area contributed by atoms with Gasteiger partial charge in [-0.05, 0) is 19.4 Å². The summed E-state index contributed by atoms with van der Waals surface area (Å²) in [5.41, 5.74) is 3.28. The van der Waals surface area contributed by atoms with E-state index in [1.807, 2.05) is 38.1 Å². The first-order valence-electron chi connectivity index (χ1n) is 5.93. The molecule has 0 heterocycles. The lowest BCUT2D eigenvalue weighted by Gasteiger charge is -2.12. The van der Waals surface area contributed by atoms with Crippen LogP contribution in [0.15, 0.2) is 48.5 Å². The summed E-state index contributed by atoms with van der Waals surface area (Å²) >= 11 is 0. The van der Waals surface area contributed by atoms with Gasteiger partial charge in [-0.25, -0.2) is 0 Å². The molecule has 2 heteroatoms. The molecule has 0 aliphatic rings. The lowest BCUT2D eigenvalue weighted by molar-refractivity contribution is 0.0747. The van der Waals surface area contributed by atoms with Gasteiger partial charge in [-0.2, -0.15) is 0 Å². The van der Waals surface area contributed by atoms with Gasteiger partial charge in [-0.3, -0.25) is 4.79 Å². The highest BCUT2D eigenvalue weighted by atomic mass is 16.3. The molecule has 2 aromatic rings. The Balaban J connectivity index is 2.31. The summed E-state index contributed by atoms with van der Waals surface area (Å²) in [5.74, 6) is -0.263. The van der Waals surface area contributed by atoms with Crippen LogP contribution in [-0.2, 0) is 0 Å². The molecular formula is C16H16O2. The molecule has 0 saturated carbocycles. The molecule has 0 radical (unpaired) electrons. The molecule has 1 unspecified atom stereocenters. The van der Waals surface area contributed by atoms with Crippen molar-refractivity contribution in [1.29, 1.82) is 0 Å². The van der Waals surface area contributed by atoms with Gasteiger partial charge in [0.15, 0.2) is 5.78 Å². The number of carbonyl (C=O) groups excluding carboxylic acids is 1. The number of ketones is 1. The molecule has 0 aliphatic carbocycles. The van der Waals surface area contributed by atoms with E-state index < -0.39 is 6.10 Å². The van der Waals surface area contributed by atoms with Crippen molar-refractivity contribution in [3.8, 4) is 0 Å². The molecule has 0 amide bonds. The molecule has 0 aliphatic heterocycles. The molecule has 18 heavy (non-hydrogen) atoms. The Morgan fingerprint density at radius 2 is 1.56 bits per heavy atom. The van der Waals surface area contributed by atoms with Crippen LogP contribution in [0.2, 0.25) is 0 Å². The van der Waals surface area contributed by atoms with Crippen molar-refractivity contribution in [2.45, 2.75) is 20.0 Å². The molecule has 1 atom stereocenters. The minimum atomic E-state index is -1.09. The van der Waals surface area contributed by atoms with Crippen LogP contribution in [0.25, 0.3) is 0 Å². The fourth-order valence-electron chi connectivity index (χ4n) is 2.08. The Hall–Kier alpha value is -1.93. The summed E-state index contributed by atoms with van der Waals surface area (Å²) in [6.07, 6.45) is -1.09. The van der Waals surface area contributed by atoms with E-state index in [9.17, 15) is 9.90 Å². The van der Waals surface area contributed by atoms with Crippen LogP contribution in [0, 0.1) is 13.8 Å². The number of rotatable bonds is 3. The highest BCUT2D eigenvalue weighted by Crippen LogP contribution is 2.20. The minimum absolute atomic E-state index is 0.263. The SMILES string of the molecule is Cc1cc(C)cc(C(O)C(=O)c2ccccc2)c1. The molecular weight excluding hydrogens is 224 g/mol. The van der Waals surface area contributed by atoms with E-state index in [1.54, 1.807) is 24.3 Å². The Bertz CT molecular complexity index is 538. The Morgan fingerprint density at radius 1 is 1.00 bits per heavy atom. The average Bonchev–Trinajstić information content (AvgIpc) is 2.37. The van der Waals surface area contributed by atoms with E-state index in [0.717, 1.165) is 11.1 Å². The van der Waals surface area contributed by atoms with Gasteiger partial charge in [0, 0.05) is 5.56 Å². The van der Waals surface area contributed by atoms with Gasteiger partial charge >= 0.3 is 0 Å². The van der Waals surface area contributed by atoms with Crippen molar-refractivity contribution in [2.75, 3.05) is 0 Å². The predicted octanol–water partition coefficient (Wildman–Crippen LogP) is 3.22. The van der Waals surface area contributed by atoms with Gasteiger partial charge in [0.2, 0.25) is 0 Å². The maximum absolute atomic E-state index is 12.1. The molecule has 0 spiro atoms. The fourth-order valence-corrected chi connectivity index (χ4v) is 2.08. The first-order chi connectivity index (χ1) is 8.58. The molecule has 92 valence electrons. The number of hydrogen-bond donors (Lipinski definition) is 1. The van der Waals surface area contributed by atoms with Crippen LogP contribution in [0.1, 0.15) is 33.2 Å². The van der Waals surface area contributed by atoms with Crippen LogP contribution in [0.4, 0.5) is 0 Å². The summed E-state index contributed by atoms with van der Waals surface area (Å²) in [4.78, 5) is 12.1. The number of benzene rings is 2. The van der Waals surface area contributed by atoms with E-state index in [1.165, 1.54) is 0 Å². The first-order valence-corrected chi connectivity index (χ1v) is 5.93. The maximum Gasteiger partial charge on any atom is 0.195 e. The number of aryl methyl sites for hydroxylation is 2. The zero-order valence-corrected chi connectivity index (χ0v) is 10.6. The standard InChI is InChI=1S/C16H16O2/c1-11-8-12(2)10-14(9-11)16(18)15(17)13-6-4-3-5-7-13/h3-10,16,18H,1-2H3. The van der Waals surface area contributed by atoms with E-state index in [2.05, 4.69) is 0 Å². The normalized spacial score (nSPS) is 12.2. The monoisotopic (exact) mass is 240 g/mol.